The van der Waals surface area contributed by atoms with E-state index in [-0.39, 0.29) is 35.2 Å². The quantitative estimate of drug-likeness (QED) is 0.173. The van der Waals surface area contributed by atoms with Crippen molar-refractivity contribution in [2.75, 3.05) is 0 Å². The molecule has 0 unspecified atom stereocenters. The van der Waals surface area contributed by atoms with Crippen LogP contribution in [0.2, 0.25) is 0 Å². The molecule has 1 heterocycles. The van der Waals surface area contributed by atoms with Crippen LogP contribution < -0.4 is 11.1 Å². The first-order valence-corrected chi connectivity index (χ1v) is 13.7. The third kappa shape index (κ3) is 8.03. The van der Waals surface area contributed by atoms with Gasteiger partial charge < -0.3 is 11.1 Å². The lowest BCUT2D eigenvalue weighted by Crippen LogP contribution is -2.40. The summed E-state index contributed by atoms with van der Waals surface area (Å²) in [5.74, 6) is -4.36. The minimum absolute atomic E-state index is 0.0762. The van der Waals surface area contributed by atoms with Crippen LogP contribution in [-0.4, -0.2) is 33.9 Å². The number of amides is 2. The number of benzene rings is 2. The lowest BCUT2D eigenvalue weighted by atomic mass is 10.00. The molecule has 1 aliphatic rings. The van der Waals surface area contributed by atoms with Gasteiger partial charge in [0.15, 0.2) is 5.69 Å². The van der Waals surface area contributed by atoms with Gasteiger partial charge in [-0.2, -0.15) is 18.3 Å². The second-order valence-corrected chi connectivity index (χ2v) is 10.3. The molecule has 0 radical (unpaired) electrons. The van der Waals surface area contributed by atoms with Crippen molar-refractivity contribution in [2.24, 2.45) is 10.7 Å². The predicted octanol–water partition coefficient (Wildman–Crippen LogP) is 5.71. The summed E-state index contributed by atoms with van der Waals surface area (Å²) in [5, 5.41) is 6.44. The highest BCUT2D eigenvalue weighted by Gasteiger charge is 2.39. The Morgan fingerprint density at radius 2 is 1.77 bits per heavy atom. The Kier molecular flexibility index (Phi) is 10.1. The van der Waals surface area contributed by atoms with E-state index in [0.717, 1.165) is 29.3 Å². The summed E-state index contributed by atoms with van der Waals surface area (Å²) in [6.07, 6.45) is 1.55. The van der Waals surface area contributed by atoms with Crippen LogP contribution >= 0.6 is 0 Å². The number of nitrogens with two attached hydrogens (primary N) is 1. The summed E-state index contributed by atoms with van der Waals surface area (Å²) < 4.78 is 84.7. The fourth-order valence-electron chi connectivity index (χ4n) is 5.13. The number of carbonyl (C=O) groups excluding carboxylic acids is 2. The van der Waals surface area contributed by atoms with Crippen LogP contribution in [-0.2, 0) is 36.8 Å². The number of primary amides is 1. The normalized spacial score (nSPS) is 14.6. The van der Waals surface area contributed by atoms with Crippen LogP contribution in [0.4, 0.5) is 26.3 Å². The molecule has 0 saturated heterocycles. The second kappa shape index (κ2) is 13.7. The fourth-order valence-corrected chi connectivity index (χ4v) is 5.13. The van der Waals surface area contributed by atoms with Crippen LogP contribution in [0.25, 0.3) is 6.08 Å². The highest BCUT2D eigenvalue weighted by atomic mass is 19.4. The van der Waals surface area contributed by atoms with Gasteiger partial charge >= 0.3 is 6.18 Å². The molecule has 0 saturated carbocycles. The smallest absolute Gasteiger partial charge is 0.366 e. The number of aliphatic imine (C=N–C) groups is 1. The molecule has 4 rings (SSSR count). The van der Waals surface area contributed by atoms with Gasteiger partial charge in [-0.15, -0.1) is 0 Å². The molecule has 0 spiro atoms. The number of nitrogens with one attached hydrogen (secondary N) is 1. The van der Waals surface area contributed by atoms with E-state index in [9.17, 15) is 35.9 Å². The number of nitrogens with zero attached hydrogens (tertiary/aromatic N) is 3. The van der Waals surface area contributed by atoms with Gasteiger partial charge in [0.2, 0.25) is 5.91 Å². The molecule has 1 aromatic heterocycles. The Hall–Kier alpha value is -4.68. The van der Waals surface area contributed by atoms with Crippen LogP contribution in [0.1, 0.15) is 57.7 Å². The van der Waals surface area contributed by atoms with E-state index in [4.69, 9.17) is 5.73 Å². The summed E-state index contributed by atoms with van der Waals surface area (Å²) in [4.78, 5) is 29.4. The molecule has 1 aliphatic carbocycles. The number of carbonyl (C=O) groups is 2. The maximum absolute atomic E-state index is 14.1. The van der Waals surface area contributed by atoms with Crippen molar-refractivity contribution < 1.29 is 35.9 Å². The fraction of sp³-hybridized carbons (Fsp3) is 0.290. The van der Waals surface area contributed by atoms with Crippen LogP contribution in [0, 0.1) is 17.5 Å². The standard InChI is InChI=1S/C31H29F6N5O2/c1-2-10-39-25(14-18-8-9-24(34)23(13-18)30(38)44)26(15-19-11-20(32)16-21(33)12-19)40-28(43)17-42-27-7-5-3-4-6-22(27)29(41-42)31(35,36)37/h2,8-14,16,26H,1,3-7,15,17H2,(H2,38,44)(H,40,43)/b25-14+,39-10?/t26-/m0/s1. The zero-order chi connectivity index (χ0) is 32.0. The van der Waals surface area contributed by atoms with Crippen molar-refractivity contribution in [3.8, 4) is 0 Å². The Balaban J connectivity index is 1.74. The Morgan fingerprint density at radius 1 is 1.07 bits per heavy atom. The SMILES string of the molecule is C=CC=N/C(=C/c1ccc(F)c(C(N)=O)c1)[C@H](Cc1cc(F)cc(F)c1)NC(=O)Cn1nc(C(F)(F)F)c2c1CCCCC2. The third-order valence-corrected chi connectivity index (χ3v) is 7.02. The van der Waals surface area contributed by atoms with Crippen molar-refractivity contribution >= 4 is 24.1 Å². The maximum Gasteiger partial charge on any atom is 0.435 e. The number of rotatable bonds is 10. The van der Waals surface area contributed by atoms with Crippen molar-refractivity contribution in [3.05, 3.63) is 106 Å². The Labute approximate surface area is 249 Å². The summed E-state index contributed by atoms with van der Waals surface area (Å²) in [5.41, 5.74) is 4.74. The molecule has 13 heteroatoms. The molecule has 0 fully saturated rings. The number of halogens is 6. The Morgan fingerprint density at radius 3 is 2.43 bits per heavy atom. The average Bonchev–Trinajstić information content (AvgIpc) is 3.10. The van der Waals surface area contributed by atoms with Gasteiger partial charge in [0.1, 0.15) is 24.0 Å². The zero-order valence-corrected chi connectivity index (χ0v) is 23.4. The summed E-state index contributed by atoms with van der Waals surface area (Å²) in [6.45, 7) is 3.00. The van der Waals surface area contributed by atoms with E-state index >= 15 is 0 Å². The topological polar surface area (TPSA) is 102 Å². The molecule has 0 aliphatic heterocycles. The number of allylic oxidation sites excluding steroid dienone is 1. The molecule has 44 heavy (non-hydrogen) atoms. The van der Waals surface area contributed by atoms with Gasteiger partial charge in [-0.25, -0.2) is 13.2 Å². The van der Waals surface area contributed by atoms with Gasteiger partial charge in [-0.1, -0.05) is 25.1 Å². The van der Waals surface area contributed by atoms with Crippen LogP contribution in [0.15, 0.2) is 59.7 Å². The van der Waals surface area contributed by atoms with Crippen molar-refractivity contribution in [2.45, 2.75) is 57.3 Å². The molecular formula is C31H29F6N5O2. The monoisotopic (exact) mass is 617 g/mol. The molecule has 7 nitrogen and oxygen atoms in total. The molecule has 232 valence electrons. The summed E-state index contributed by atoms with van der Waals surface area (Å²) in [6, 6.07) is 5.20. The lowest BCUT2D eigenvalue weighted by molar-refractivity contribution is -0.142. The first-order chi connectivity index (χ1) is 20.8. The highest BCUT2D eigenvalue weighted by Crippen LogP contribution is 2.35. The van der Waals surface area contributed by atoms with E-state index in [1.165, 1.54) is 30.5 Å². The van der Waals surface area contributed by atoms with Crippen LogP contribution in [0.5, 0.6) is 0 Å². The average molecular weight is 618 g/mol. The molecule has 3 aromatic rings. The molecule has 0 bridgehead atoms. The summed E-state index contributed by atoms with van der Waals surface area (Å²) in [7, 11) is 0. The number of aromatic nitrogens is 2. The van der Waals surface area contributed by atoms with Crippen molar-refractivity contribution in [1.29, 1.82) is 0 Å². The maximum atomic E-state index is 14.1. The molecule has 2 amide bonds. The molecular weight excluding hydrogens is 588 g/mol. The number of alkyl halides is 3. The van der Waals surface area contributed by atoms with Gasteiger partial charge in [-0.05, 0) is 73.6 Å². The van der Waals surface area contributed by atoms with E-state index in [1.54, 1.807) is 0 Å². The minimum atomic E-state index is -4.70. The van der Waals surface area contributed by atoms with Gasteiger partial charge in [0.05, 0.1) is 17.3 Å². The first-order valence-electron chi connectivity index (χ1n) is 13.7. The third-order valence-electron chi connectivity index (χ3n) is 7.02. The van der Waals surface area contributed by atoms with E-state index in [1.807, 2.05) is 0 Å². The largest absolute Gasteiger partial charge is 0.435 e. The molecule has 2 aromatic carbocycles. The van der Waals surface area contributed by atoms with E-state index in [0.29, 0.717) is 31.0 Å². The molecule has 1 atom stereocenters. The predicted molar refractivity (Wildman–Crippen MR) is 152 cm³/mol. The number of fused-ring (bicyclic) bond motifs is 1. The number of hydrogen-bond donors (Lipinski definition) is 2. The van der Waals surface area contributed by atoms with E-state index in [2.05, 4.69) is 22.0 Å². The lowest BCUT2D eigenvalue weighted by Gasteiger charge is -2.21. The first kappa shape index (κ1) is 32.2. The zero-order valence-electron chi connectivity index (χ0n) is 23.4. The second-order valence-electron chi connectivity index (χ2n) is 10.3. The Bertz CT molecular complexity index is 1610. The summed E-state index contributed by atoms with van der Waals surface area (Å²) >= 11 is 0. The van der Waals surface area contributed by atoms with Crippen molar-refractivity contribution in [1.82, 2.24) is 15.1 Å². The van der Waals surface area contributed by atoms with Gasteiger partial charge in [0, 0.05) is 23.5 Å². The highest BCUT2D eigenvalue weighted by molar-refractivity contribution is 5.93. The van der Waals surface area contributed by atoms with Gasteiger partial charge in [-0.3, -0.25) is 19.3 Å². The van der Waals surface area contributed by atoms with Crippen LogP contribution in [0.3, 0.4) is 0 Å². The van der Waals surface area contributed by atoms with Crippen molar-refractivity contribution in [3.63, 3.8) is 0 Å². The van der Waals surface area contributed by atoms with E-state index < -0.39 is 59.3 Å². The number of hydrogen-bond acceptors (Lipinski definition) is 4. The van der Waals surface area contributed by atoms with Gasteiger partial charge in [0.25, 0.3) is 5.91 Å². The minimum Gasteiger partial charge on any atom is -0.366 e. The molecule has 3 N–H and O–H groups in total.